The molecule has 1 aromatic rings. The molecule has 0 aliphatic heterocycles. The van der Waals surface area contributed by atoms with Gasteiger partial charge in [0.05, 0.1) is 6.54 Å². The molecule has 0 fully saturated rings. The SMILES string of the molecule is CCC(CC)CN(CC)Cc1nc(C)cc(Cl)n1. The second-order valence-corrected chi connectivity index (χ2v) is 5.15. The molecule has 1 heterocycles. The van der Waals surface area contributed by atoms with Crippen molar-refractivity contribution in [1.29, 1.82) is 0 Å². The smallest absolute Gasteiger partial charge is 0.144 e. The third-order valence-electron chi connectivity index (χ3n) is 3.35. The number of hydrogen-bond donors (Lipinski definition) is 0. The fraction of sp³-hybridized carbons (Fsp3) is 0.714. The Morgan fingerprint density at radius 2 is 1.89 bits per heavy atom. The minimum absolute atomic E-state index is 0.538. The number of aryl methyl sites for hydroxylation is 1. The topological polar surface area (TPSA) is 29.0 Å². The van der Waals surface area contributed by atoms with Gasteiger partial charge < -0.3 is 0 Å². The average molecular weight is 270 g/mol. The lowest BCUT2D eigenvalue weighted by Gasteiger charge is -2.24. The van der Waals surface area contributed by atoms with Crippen LogP contribution in [0.5, 0.6) is 0 Å². The first-order valence-electron chi connectivity index (χ1n) is 6.81. The molecular formula is C14H24ClN3. The van der Waals surface area contributed by atoms with Gasteiger partial charge in [0.15, 0.2) is 0 Å². The second-order valence-electron chi connectivity index (χ2n) is 4.76. The fourth-order valence-electron chi connectivity index (χ4n) is 2.08. The maximum atomic E-state index is 5.97. The van der Waals surface area contributed by atoms with Crippen molar-refractivity contribution in [2.75, 3.05) is 13.1 Å². The Labute approximate surface area is 116 Å². The van der Waals surface area contributed by atoms with Gasteiger partial charge in [-0.2, -0.15) is 0 Å². The highest BCUT2D eigenvalue weighted by Crippen LogP contribution is 2.13. The van der Waals surface area contributed by atoms with E-state index in [1.165, 1.54) is 12.8 Å². The van der Waals surface area contributed by atoms with Gasteiger partial charge in [0.1, 0.15) is 11.0 Å². The highest BCUT2D eigenvalue weighted by atomic mass is 35.5. The molecule has 1 rings (SSSR count). The van der Waals surface area contributed by atoms with Gasteiger partial charge in [-0.15, -0.1) is 0 Å². The van der Waals surface area contributed by atoms with E-state index >= 15 is 0 Å². The molecule has 0 unspecified atom stereocenters. The Morgan fingerprint density at radius 3 is 2.39 bits per heavy atom. The summed E-state index contributed by atoms with van der Waals surface area (Å²) in [7, 11) is 0. The maximum Gasteiger partial charge on any atom is 0.144 e. The summed E-state index contributed by atoms with van der Waals surface area (Å²) in [6, 6.07) is 1.79. The largest absolute Gasteiger partial charge is 0.296 e. The highest BCUT2D eigenvalue weighted by Gasteiger charge is 2.12. The molecule has 0 saturated heterocycles. The highest BCUT2D eigenvalue weighted by molar-refractivity contribution is 6.29. The van der Waals surface area contributed by atoms with Crippen LogP contribution < -0.4 is 0 Å². The third kappa shape index (κ3) is 4.91. The van der Waals surface area contributed by atoms with E-state index in [9.17, 15) is 0 Å². The normalized spacial score (nSPS) is 11.5. The molecule has 0 spiro atoms. The van der Waals surface area contributed by atoms with E-state index in [2.05, 4.69) is 35.6 Å². The molecule has 102 valence electrons. The Hall–Kier alpha value is -0.670. The van der Waals surface area contributed by atoms with Crippen molar-refractivity contribution < 1.29 is 0 Å². The van der Waals surface area contributed by atoms with Crippen LogP contribution in [0.15, 0.2) is 6.07 Å². The van der Waals surface area contributed by atoms with Crippen molar-refractivity contribution >= 4 is 11.6 Å². The third-order valence-corrected chi connectivity index (χ3v) is 3.55. The lowest BCUT2D eigenvalue weighted by molar-refractivity contribution is 0.221. The van der Waals surface area contributed by atoms with Crippen molar-refractivity contribution in [2.24, 2.45) is 5.92 Å². The zero-order chi connectivity index (χ0) is 13.5. The first-order valence-corrected chi connectivity index (χ1v) is 7.19. The predicted molar refractivity (Wildman–Crippen MR) is 76.8 cm³/mol. The summed E-state index contributed by atoms with van der Waals surface area (Å²) < 4.78 is 0. The van der Waals surface area contributed by atoms with Crippen molar-refractivity contribution in [1.82, 2.24) is 14.9 Å². The van der Waals surface area contributed by atoms with E-state index in [0.29, 0.717) is 5.15 Å². The van der Waals surface area contributed by atoms with Crippen molar-refractivity contribution in [3.63, 3.8) is 0 Å². The van der Waals surface area contributed by atoms with E-state index in [-0.39, 0.29) is 0 Å². The number of nitrogens with zero attached hydrogens (tertiary/aromatic N) is 3. The molecule has 0 aromatic carbocycles. The molecule has 0 aliphatic rings. The quantitative estimate of drug-likeness (QED) is 0.707. The van der Waals surface area contributed by atoms with Crippen LogP contribution in [-0.2, 0) is 6.54 Å². The molecule has 0 saturated carbocycles. The molecule has 0 aliphatic carbocycles. The summed E-state index contributed by atoms with van der Waals surface area (Å²) in [4.78, 5) is 11.1. The molecule has 0 amide bonds. The first kappa shape index (κ1) is 15.4. The first-order chi connectivity index (χ1) is 8.58. The molecule has 3 nitrogen and oxygen atoms in total. The Kier molecular flexibility index (Phi) is 6.58. The van der Waals surface area contributed by atoms with Crippen LogP contribution in [0.1, 0.15) is 45.1 Å². The van der Waals surface area contributed by atoms with Gasteiger partial charge in [-0.3, -0.25) is 4.90 Å². The van der Waals surface area contributed by atoms with Gasteiger partial charge in [-0.05, 0) is 25.5 Å². The van der Waals surface area contributed by atoms with Gasteiger partial charge in [-0.25, -0.2) is 9.97 Å². The average Bonchev–Trinajstić information content (AvgIpc) is 2.33. The summed E-state index contributed by atoms with van der Waals surface area (Å²) in [6.07, 6.45) is 2.45. The molecule has 0 bridgehead atoms. The number of halogens is 1. The van der Waals surface area contributed by atoms with Crippen molar-refractivity contribution in [3.8, 4) is 0 Å². The van der Waals surface area contributed by atoms with Crippen molar-refractivity contribution in [2.45, 2.75) is 47.1 Å². The van der Waals surface area contributed by atoms with Gasteiger partial charge in [0.25, 0.3) is 0 Å². The molecule has 0 radical (unpaired) electrons. The lowest BCUT2D eigenvalue weighted by atomic mass is 10.0. The number of rotatable bonds is 7. The summed E-state index contributed by atoms with van der Waals surface area (Å²) in [5, 5.41) is 0.538. The Bertz CT molecular complexity index is 344. The minimum Gasteiger partial charge on any atom is -0.296 e. The van der Waals surface area contributed by atoms with Crippen LogP contribution in [-0.4, -0.2) is 28.0 Å². The van der Waals surface area contributed by atoms with Crippen LogP contribution in [0.3, 0.4) is 0 Å². The summed E-state index contributed by atoms with van der Waals surface area (Å²) in [6.45, 7) is 11.6. The van der Waals surface area contributed by atoms with Gasteiger partial charge in [-0.1, -0.05) is 45.2 Å². The zero-order valence-corrected chi connectivity index (χ0v) is 12.7. The van der Waals surface area contributed by atoms with Crippen molar-refractivity contribution in [3.05, 3.63) is 22.7 Å². The van der Waals surface area contributed by atoms with Crippen LogP contribution in [0.2, 0.25) is 5.15 Å². The molecule has 0 atom stereocenters. The summed E-state index contributed by atoms with van der Waals surface area (Å²) in [5.74, 6) is 1.58. The van der Waals surface area contributed by atoms with Gasteiger partial charge >= 0.3 is 0 Å². The number of aromatic nitrogens is 2. The van der Waals surface area contributed by atoms with Crippen LogP contribution in [0.25, 0.3) is 0 Å². The van der Waals surface area contributed by atoms with Gasteiger partial charge in [0.2, 0.25) is 0 Å². The van der Waals surface area contributed by atoms with Crippen LogP contribution in [0.4, 0.5) is 0 Å². The molecule has 18 heavy (non-hydrogen) atoms. The minimum atomic E-state index is 0.538. The zero-order valence-electron chi connectivity index (χ0n) is 11.9. The molecule has 1 aromatic heterocycles. The number of hydrogen-bond acceptors (Lipinski definition) is 3. The molecule has 4 heteroatoms. The fourth-order valence-corrected chi connectivity index (χ4v) is 2.33. The van der Waals surface area contributed by atoms with Crippen LogP contribution in [0, 0.1) is 12.8 Å². The van der Waals surface area contributed by atoms with E-state index in [1.54, 1.807) is 6.07 Å². The molecular weight excluding hydrogens is 246 g/mol. The monoisotopic (exact) mass is 269 g/mol. The Morgan fingerprint density at radius 1 is 1.22 bits per heavy atom. The van der Waals surface area contributed by atoms with E-state index < -0.39 is 0 Å². The maximum absolute atomic E-state index is 5.97. The molecule has 0 N–H and O–H groups in total. The van der Waals surface area contributed by atoms with E-state index in [0.717, 1.165) is 37.1 Å². The van der Waals surface area contributed by atoms with E-state index in [1.807, 2.05) is 6.92 Å². The standard InChI is InChI=1S/C14H24ClN3/c1-5-12(6-2)9-18(7-3)10-14-16-11(4)8-13(15)17-14/h8,12H,5-7,9-10H2,1-4H3. The van der Waals surface area contributed by atoms with E-state index in [4.69, 9.17) is 11.6 Å². The summed E-state index contributed by atoms with van der Waals surface area (Å²) in [5.41, 5.74) is 0.934. The summed E-state index contributed by atoms with van der Waals surface area (Å²) >= 11 is 5.97. The van der Waals surface area contributed by atoms with Crippen LogP contribution >= 0.6 is 11.6 Å². The lowest BCUT2D eigenvalue weighted by Crippen LogP contribution is -2.29. The second kappa shape index (κ2) is 7.70. The Balaban J connectivity index is 2.67. The predicted octanol–water partition coefficient (Wildman–Crippen LogP) is 3.70. The van der Waals surface area contributed by atoms with Gasteiger partial charge in [0, 0.05) is 12.2 Å².